The van der Waals surface area contributed by atoms with Gasteiger partial charge in [-0.15, -0.1) is 0 Å². The Hall–Kier alpha value is -2.36. The van der Waals surface area contributed by atoms with E-state index in [0.717, 1.165) is 18.4 Å². The van der Waals surface area contributed by atoms with Gasteiger partial charge in [0.05, 0.1) is 14.2 Å². The summed E-state index contributed by atoms with van der Waals surface area (Å²) < 4.78 is 10.4. The average Bonchev–Trinajstić information content (AvgIpc) is 2.54. The number of hydrogen-bond acceptors (Lipinski definition) is 4. The molecule has 4 heteroatoms. The third kappa shape index (κ3) is 4.07. The van der Waals surface area contributed by atoms with Gasteiger partial charge in [-0.05, 0) is 42.7 Å². The standard InChI is InChI=1S/C18H20O4/c1-21-17-10-8-13(11-18(17)22-2)7-9-15(19)12-14-5-3-4-6-16(14)20/h4,6-11,14H,3,5,12H2,1-2H3. The lowest BCUT2D eigenvalue weighted by Crippen LogP contribution is -2.18. The minimum atomic E-state index is -0.174. The molecule has 0 amide bonds. The average molecular weight is 300 g/mol. The molecule has 0 N–H and O–H groups in total. The fraction of sp³-hybridized carbons (Fsp3) is 0.333. The minimum absolute atomic E-state index is 0.0385. The van der Waals surface area contributed by atoms with Crippen molar-refractivity contribution in [2.24, 2.45) is 5.92 Å². The van der Waals surface area contributed by atoms with Crippen LogP contribution in [0.15, 0.2) is 36.4 Å². The lowest BCUT2D eigenvalue weighted by Gasteiger charge is -2.14. The van der Waals surface area contributed by atoms with E-state index in [9.17, 15) is 9.59 Å². The summed E-state index contributed by atoms with van der Waals surface area (Å²) in [4.78, 5) is 23.7. The second kappa shape index (κ2) is 7.59. The number of hydrogen-bond donors (Lipinski definition) is 0. The van der Waals surface area contributed by atoms with Crippen molar-refractivity contribution in [1.82, 2.24) is 0 Å². The summed E-state index contributed by atoms with van der Waals surface area (Å²) in [6.45, 7) is 0. The Bertz CT molecular complexity index is 614. The van der Waals surface area contributed by atoms with Crippen LogP contribution in [0, 0.1) is 5.92 Å². The molecule has 0 aromatic heterocycles. The smallest absolute Gasteiger partial charge is 0.161 e. The van der Waals surface area contributed by atoms with Crippen molar-refractivity contribution in [3.8, 4) is 11.5 Å². The predicted molar refractivity (Wildman–Crippen MR) is 85.1 cm³/mol. The first-order chi connectivity index (χ1) is 10.6. The summed E-state index contributed by atoms with van der Waals surface area (Å²) in [5, 5.41) is 0. The SMILES string of the molecule is COc1ccc(C=CC(=O)CC2CCC=CC2=O)cc1OC. The van der Waals surface area contributed by atoms with E-state index >= 15 is 0 Å². The second-order valence-corrected chi connectivity index (χ2v) is 5.20. The summed E-state index contributed by atoms with van der Waals surface area (Å²) in [5.74, 6) is 1.10. The van der Waals surface area contributed by atoms with E-state index in [2.05, 4.69) is 0 Å². The molecule has 1 aromatic carbocycles. The zero-order valence-electron chi connectivity index (χ0n) is 12.9. The highest BCUT2D eigenvalue weighted by molar-refractivity contribution is 5.99. The molecule has 0 fully saturated rings. The number of carbonyl (C=O) groups excluding carboxylic acids is 2. The quantitative estimate of drug-likeness (QED) is 0.757. The third-order valence-corrected chi connectivity index (χ3v) is 3.68. The number of carbonyl (C=O) groups is 2. The Morgan fingerprint density at radius 1 is 1.27 bits per heavy atom. The summed E-state index contributed by atoms with van der Waals surface area (Å²) in [6, 6.07) is 5.44. The Morgan fingerprint density at radius 2 is 2.05 bits per heavy atom. The van der Waals surface area contributed by atoms with Crippen molar-refractivity contribution in [1.29, 1.82) is 0 Å². The molecule has 0 aliphatic heterocycles. The summed E-state index contributed by atoms with van der Waals surface area (Å²) >= 11 is 0. The van der Waals surface area contributed by atoms with E-state index < -0.39 is 0 Å². The van der Waals surface area contributed by atoms with Crippen molar-refractivity contribution in [3.63, 3.8) is 0 Å². The zero-order valence-corrected chi connectivity index (χ0v) is 12.9. The first-order valence-corrected chi connectivity index (χ1v) is 7.27. The lowest BCUT2D eigenvalue weighted by atomic mass is 9.88. The van der Waals surface area contributed by atoms with Crippen LogP contribution in [-0.2, 0) is 9.59 Å². The molecule has 0 heterocycles. The fourth-order valence-corrected chi connectivity index (χ4v) is 2.43. The second-order valence-electron chi connectivity index (χ2n) is 5.20. The molecule has 1 aromatic rings. The number of benzene rings is 1. The van der Waals surface area contributed by atoms with Gasteiger partial charge in [0.2, 0.25) is 0 Å². The first-order valence-electron chi connectivity index (χ1n) is 7.27. The molecule has 116 valence electrons. The van der Waals surface area contributed by atoms with Gasteiger partial charge in [0.25, 0.3) is 0 Å². The van der Waals surface area contributed by atoms with Crippen LogP contribution in [0.4, 0.5) is 0 Å². The molecule has 0 radical (unpaired) electrons. The molecule has 2 rings (SSSR count). The monoisotopic (exact) mass is 300 g/mol. The third-order valence-electron chi connectivity index (χ3n) is 3.68. The highest BCUT2D eigenvalue weighted by Gasteiger charge is 2.20. The van der Waals surface area contributed by atoms with E-state index in [-0.39, 0.29) is 23.9 Å². The molecule has 1 unspecified atom stereocenters. The van der Waals surface area contributed by atoms with E-state index in [1.807, 2.05) is 12.1 Å². The molecular weight excluding hydrogens is 280 g/mol. The van der Waals surface area contributed by atoms with E-state index in [1.165, 1.54) is 6.08 Å². The Labute approximate surface area is 130 Å². The summed E-state index contributed by atoms with van der Waals surface area (Å²) in [7, 11) is 3.14. The lowest BCUT2D eigenvalue weighted by molar-refractivity contribution is -0.123. The Morgan fingerprint density at radius 3 is 2.73 bits per heavy atom. The van der Waals surface area contributed by atoms with Gasteiger partial charge in [0.1, 0.15) is 0 Å². The first kappa shape index (κ1) is 16.0. The van der Waals surface area contributed by atoms with E-state index in [1.54, 1.807) is 38.5 Å². The molecule has 1 aliphatic rings. The minimum Gasteiger partial charge on any atom is -0.493 e. The van der Waals surface area contributed by atoms with Crippen molar-refractivity contribution >= 4 is 17.6 Å². The van der Waals surface area contributed by atoms with Gasteiger partial charge in [-0.1, -0.05) is 18.2 Å². The van der Waals surface area contributed by atoms with Crippen molar-refractivity contribution in [2.45, 2.75) is 19.3 Å². The van der Waals surface area contributed by atoms with E-state index in [0.29, 0.717) is 11.5 Å². The van der Waals surface area contributed by atoms with Gasteiger partial charge in [0.15, 0.2) is 23.1 Å². The van der Waals surface area contributed by atoms with Gasteiger partial charge < -0.3 is 9.47 Å². The van der Waals surface area contributed by atoms with Crippen molar-refractivity contribution in [2.75, 3.05) is 14.2 Å². The highest BCUT2D eigenvalue weighted by Crippen LogP contribution is 2.28. The number of rotatable bonds is 6. The van der Waals surface area contributed by atoms with E-state index in [4.69, 9.17) is 9.47 Å². The topological polar surface area (TPSA) is 52.6 Å². The van der Waals surface area contributed by atoms with Gasteiger partial charge in [-0.25, -0.2) is 0 Å². The normalized spacial score (nSPS) is 17.7. The highest BCUT2D eigenvalue weighted by atomic mass is 16.5. The van der Waals surface area contributed by atoms with Crippen LogP contribution in [0.25, 0.3) is 6.08 Å². The van der Waals surface area contributed by atoms with Crippen LogP contribution in [0.5, 0.6) is 11.5 Å². The molecule has 22 heavy (non-hydrogen) atoms. The molecule has 4 nitrogen and oxygen atoms in total. The molecule has 0 spiro atoms. The number of allylic oxidation sites excluding steroid dienone is 3. The van der Waals surface area contributed by atoms with Crippen LogP contribution >= 0.6 is 0 Å². The van der Waals surface area contributed by atoms with Crippen molar-refractivity contribution < 1.29 is 19.1 Å². The Kier molecular flexibility index (Phi) is 5.53. The number of ether oxygens (including phenoxy) is 2. The molecule has 1 atom stereocenters. The van der Waals surface area contributed by atoms with Gasteiger partial charge in [-0.2, -0.15) is 0 Å². The largest absolute Gasteiger partial charge is 0.493 e. The molecule has 0 saturated carbocycles. The molecular formula is C18H20O4. The summed E-state index contributed by atoms with van der Waals surface area (Å²) in [5.41, 5.74) is 0.848. The van der Waals surface area contributed by atoms with Gasteiger partial charge >= 0.3 is 0 Å². The predicted octanol–water partition coefficient (Wildman–Crippen LogP) is 3.21. The van der Waals surface area contributed by atoms with Gasteiger partial charge in [-0.3, -0.25) is 9.59 Å². The van der Waals surface area contributed by atoms with Crippen LogP contribution in [-0.4, -0.2) is 25.8 Å². The van der Waals surface area contributed by atoms with Crippen molar-refractivity contribution in [3.05, 3.63) is 42.0 Å². The Balaban J connectivity index is 2.00. The van der Waals surface area contributed by atoms with Crippen LogP contribution < -0.4 is 9.47 Å². The summed E-state index contributed by atoms with van der Waals surface area (Å²) in [6.07, 6.45) is 8.59. The maximum absolute atomic E-state index is 12.0. The molecule has 0 bridgehead atoms. The van der Waals surface area contributed by atoms with Crippen LogP contribution in [0.2, 0.25) is 0 Å². The maximum Gasteiger partial charge on any atom is 0.161 e. The number of methoxy groups -OCH3 is 2. The number of ketones is 2. The van der Waals surface area contributed by atoms with Gasteiger partial charge in [0, 0.05) is 12.3 Å². The van der Waals surface area contributed by atoms with Crippen LogP contribution in [0.1, 0.15) is 24.8 Å². The zero-order chi connectivity index (χ0) is 15.9. The molecule has 0 saturated heterocycles. The maximum atomic E-state index is 12.0. The molecule has 1 aliphatic carbocycles. The van der Waals surface area contributed by atoms with Crippen LogP contribution in [0.3, 0.4) is 0 Å². The fourth-order valence-electron chi connectivity index (χ4n) is 2.43.